The second kappa shape index (κ2) is 8.23. The van der Waals surface area contributed by atoms with E-state index in [9.17, 15) is 9.59 Å². The van der Waals surface area contributed by atoms with E-state index in [-0.39, 0.29) is 11.6 Å². The number of amides is 1. The number of hydrogen-bond donors (Lipinski definition) is 1. The molecule has 1 unspecified atom stereocenters. The number of aromatic nitrogens is 1. The number of piperazine rings is 1. The fourth-order valence-electron chi connectivity index (χ4n) is 3.88. The zero-order valence-corrected chi connectivity index (χ0v) is 16.8. The number of likely N-dealkylation sites (N-methyl/N-ethyl adjacent to an activating group) is 1. The molecule has 3 heterocycles. The molecule has 0 bridgehead atoms. The van der Waals surface area contributed by atoms with Gasteiger partial charge in [-0.2, -0.15) is 0 Å². The van der Waals surface area contributed by atoms with Crippen molar-refractivity contribution in [2.24, 2.45) is 7.05 Å². The Hall–Kier alpha value is -2.90. The minimum Gasteiger partial charge on any atom is -0.422 e. The molecule has 29 heavy (non-hydrogen) atoms. The van der Waals surface area contributed by atoms with E-state index in [1.807, 2.05) is 31.4 Å². The third kappa shape index (κ3) is 4.11. The van der Waals surface area contributed by atoms with Gasteiger partial charge < -0.3 is 19.2 Å². The molecule has 0 saturated carbocycles. The van der Waals surface area contributed by atoms with Crippen LogP contribution < -0.4 is 10.9 Å². The van der Waals surface area contributed by atoms with E-state index in [0.29, 0.717) is 12.1 Å². The summed E-state index contributed by atoms with van der Waals surface area (Å²) in [5.74, 6) is -0.405. The smallest absolute Gasteiger partial charge is 0.349 e. The van der Waals surface area contributed by atoms with Crippen LogP contribution in [0.15, 0.2) is 57.9 Å². The van der Waals surface area contributed by atoms with Crippen molar-refractivity contribution in [1.82, 2.24) is 19.7 Å². The van der Waals surface area contributed by atoms with Crippen LogP contribution in [0.25, 0.3) is 11.0 Å². The summed E-state index contributed by atoms with van der Waals surface area (Å²) < 4.78 is 7.39. The van der Waals surface area contributed by atoms with Crippen LogP contribution in [0.4, 0.5) is 0 Å². The van der Waals surface area contributed by atoms with Gasteiger partial charge in [0.15, 0.2) is 0 Å². The van der Waals surface area contributed by atoms with Crippen molar-refractivity contribution in [3.05, 3.63) is 70.3 Å². The molecule has 1 aliphatic rings. The SMILES string of the molecule is CN1CCN(C(CNC(=O)c2cc3ccccc3oc2=O)c2cccn2C)CC1. The first kappa shape index (κ1) is 19.4. The molecule has 1 aromatic carbocycles. The number of carbonyl (C=O) groups is 1. The van der Waals surface area contributed by atoms with Crippen molar-refractivity contribution in [3.63, 3.8) is 0 Å². The minimum absolute atomic E-state index is 0.0349. The van der Waals surface area contributed by atoms with Gasteiger partial charge in [-0.05, 0) is 31.3 Å². The van der Waals surface area contributed by atoms with Gasteiger partial charge in [0.2, 0.25) is 0 Å². The van der Waals surface area contributed by atoms with Crippen LogP contribution in [0.2, 0.25) is 0 Å². The van der Waals surface area contributed by atoms with E-state index in [1.165, 1.54) is 0 Å². The van der Waals surface area contributed by atoms with Crippen molar-refractivity contribution in [2.75, 3.05) is 39.8 Å². The van der Waals surface area contributed by atoms with Crippen LogP contribution in [0.3, 0.4) is 0 Å². The van der Waals surface area contributed by atoms with Crippen LogP contribution in [-0.2, 0) is 7.05 Å². The molecule has 1 fully saturated rings. The molecular formula is C22H26N4O3. The number of nitrogens with zero attached hydrogens (tertiary/aromatic N) is 3. The van der Waals surface area contributed by atoms with Gasteiger partial charge in [0.25, 0.3) is 5.91 Å². The van der Waals surface area contributed by atoms with Crippen molar-refractivity contribution in [3.8, 4) is 0 Å². The summed E-state index contributed by atoms with van der Waals surface area (Å²) >= 11 is 0. The fraction of sp³-hybridized carbons (Fsp3) is 0.364. The lowest BCUT2D eigenvalue weighted by Gasteiger charge is -2.38. The van der Waals surface area contributed by atoms with Crippen LogP contribution in [0.5, 0.6) is 0 Å². The highest BCUT2D eigenvalue weighted by atomic mass is 16.4. The summed E-state index contributed by atoms with van der Waals surface area (Å²) in [6.07, 6.45) is 2.01. The molecule has 1 atom stereocenters. The molecule has 0 aliphatic carbocycles. The highest BCUT2D eigenvalue weighted by molar-refractivity contribution is 5.96. The maximum Gasteiger partial charge on any atom is 0.349 e. The first-order chi connectivity index (χ1) is 14.0. The van der Waals surface area contributed by atoms with Crippen molar-refractivity contribution in [1.29, 1.82) is 0 Å². The lowest BCUT2D eigenvalue weighted by atomic mass is 10.1. The van der Waals surface area contributed by atoms with Crippen molar-refractivity contribution in [2.45, 2.75) is 6.04 Å². The Morgan fingerprint density at radius 3 is 2.59 bits per heavy atom. The predicted octanol–water partition coefficient (Wildman–Crippen LogP) is 1.85. The molecule has 152 valence electrons. The molecule has 7 heteroatoms. The van der Waals surface area contributed by atoms with Crippen LogP contribution in [-0.4, -0.2) is 60.0 Å². The predicted molar refractivity (Wildman–Crippen MR) is 112 cm³/mol. The Morgan fingerprint density at radius 2 is 1.86 bits per heavy atom. The summed E-state index contributed by atoms with van der Waals surface area (Å²) in [6, 6.07) is 12.9. The number of nitrogens with one attached hydrogen (secondary N) is 1. The van der Waals surface area contributed by atoms with E-state index in [4.69, 9.17) is 4.42 Å². The number of benzene rings is 1. The lowest BCUT2D eigenvalue weighted by molar-refractivity contribution is 0.0874. The zero-order valence-electron chi connectivity index (χ0n) is 16.8. The van der Waals surface area contributed by atoms with E-state index in [0.717, 1.165) is 37.3 Å². The summed E-state index contributed by atoms with van der Waals surface area (Å²) in [4.78, 5) is 29.8. The minimum atomic E-state index is -0.615. The number of rotatable bonds is 5. The maximum atomic E-state index is 12.8. The molecule has 1 amide bonds. The Balaban J connectivity index is 1.54. The third-order valence-electron chi connectivity index (χ3n) is 5.65. The van der Waals surface area contributed by atoms with E-state index < -0.39 is 11.5 Å². The second-order valence-electron chi connectivity index (χ2n) is 7.59. The monoisotopic (exact) mass is 394 g/mol. The zero-order chi connectivity index (χ0) is 20.4. The molecule has 7 nitrogen and oxygen atoms in total. The molecule has 3 aromatic rings. The van der Waals surface area contributed by atoms with E-state index in [2.05, 4.69) is 32.8 Å². The standard InChI is InChI=1S/C22H26N4O3/c1-24-10-12-26(13-11-24)19(18-7-5-9-25(18)2)15-23-21(27)17-14-16-6-3-4-8-20(16)29-22(17)28/h3-9,14,19H,10-13,15H2,1-2H3,(H,23,27). The Kier molecular flexibility index (Phi) is 5.51. The second-order valence-corrected chi connectivity index (χ2v) is 7.59. The van der Waals surface area contributed by atoms with Gasteiger partial charge in [-0.3, -0.25) is 9.69 Å². The van der Waals surface area contributed by atoms with Gasteiger partial charge in [-0.25, -0.2) is 4.79 Å². The lowest BCUT2D eigenvalue weighted by Crippen LogP contribution is -2.49. The van der Waals surface area contributed by atoms with E-state index in [1.54, 1.807) is 18.2 Å². The van der Waals surface area contributed by atoms with Gasteiger partial charge in [0.05, 0.1) is 6.04 Å². The van der Waals surface area contributed by atoms with E-state index >= 15 is 0 Å². The molecule has 2 aromatic heterocycles. The van der Waals surface area contributed by atoms with Crippen LogP contribution in [0.1, 0.15) is 22.1 Å². The van der Waals surface area contributed by atoms with Crippen molar-refractivity contribution < 1.29 is 9.21 Å². The van der Waals surface area contributed by atoms with Gasteiger partial charge in [-0.15, -0.1) is 0 Å². The number of carbonyl (C=O) groups excluding carboxylic acids is 1. The number of aryl methyl sites for hydroxylation is 1. The quantitative estimate of drug-likeness (QED) is 0.669. The average Bonchev–Trinajstić information content (AvgIpc) is 3.14. The molecule has 1 aliphatic heterocycles. The van der Waals surface area contributed by atoms with Gasteiger partial charge in [-0.1, -0.05) is 18.2 Å². The fourth-order valence-corrected chi connectivity index (χ4v) is 3.88. The highest BCUT2D eigenvalue weighted by Gasteiger charge is 2.26. The van der Waals surface area contributed by atoms with Gasteiger partial charge in [0.1, 0.15) is 11.1 Å². The number of para-hydroxylation sites is 1. The van der Waals surface area contributed by atoms with Crippen molar-refractivity contribution >= 4 is 16.9 Å². The average molecular weight is 394 g/mol. The Bertz CT molecular complexity index is 1060. The van der Waals surface area contributed by atoms with Gasteiger partial charge >= 0.3 is 5.63 Å². The number of fused-ring (bicyclic) bond motifs is 1. The summed E-state index contributed by atoms with van der Waals surface area (Å²) in [7, 11) is 4.13. The first-order valence-electron chi connectivity index (χ1n) is 9.88. The summed E-state index contributed by atoms with van der Waals surface area (Å²) in [5, 5.41) is 3.69. The number of hydrogen-bond acceptors (Lipinski definition) is 5. The molecular weight excluding hydrogens is 368 g/mol. The molecule has 1 saturated heterocycles. The Morgan fingerprint density at radius 1 is 1.10 bits per heavy atom. The van der Waals surface area contributed by atoms with Crippen LogP contribution >= 0.6 is 0 Å². The van der Waals surface area contributed by atoms with Crippen LogP contribution in [0, 0.1) is 0 Å². The summed E-state index contributed by atoms with van der Waals surface area (Å²) in [6.45, 7) is 4.26. The molecule has 1 N–H and O–H groups in total. The maximum absolute atomic E-state index is 12.8. The first-order valence-corrected chi connectivity index (χ1v) is 9.88. The molecule has 0 spiro atoms. The largest absolute Gasteiger partial charge is 0.422 e. The topological polar surface area (TPSA) is 70.7 Å². The molecule has 4 rings (SSSR count). The summed E-state index contributed by atoms with van der Waals surface area (Å²) in [5.41, 5.74) is 1.04. The molecule has 0 radical (unpaired) electrons. The van der Waals surface area contributed by atoms with Gasteiger partial charge in [0, 0.05) is 57.0 Å². The Labute approximate surface area is 169 Å². The highest BCUT2D eigenvalue weighted by Crippen LogP contribution is 2.22. The third-order valence-corrected chi connectivity index (χ3v) is 5.65. The normalized spacial score (nSPS) is 16.8.